The lowest BCUT2D eigenvalue weighted by molar-refractivity contribution is -0.139. The van der Waals surface area contributed by atoms with Crippen LogP contribution in [-0.4, -0.2) is 48.1 Å². The van der Waals surface area contributed by atoms with Gasteiger partial charge >= 0.3 is 11.9 Å². The molecule has 2 aromatic heterocycles. The highest BCUT2D eigenvalue weighted by Gasteiger charge is 2.12. The maximum Gasteiger partial charge on any atom is 0.320 e. The summed E-state index contributed by atoms with van der Waals surface area (Å²) in [7, 11) is 0. The van der Waals surface area contributed by atoms with Crippen LogP contribution in [0.3, 0.4) is 0 Å². The van der Waals surface area contributed by atoms with E-state index in [4.69, 9.17) is 15.9 Å². The van der Waals surface area contributed by atoms with E-state index in [9.17, 15) is 9.59 Å². The van der Waals surface area contributed by atoms with Gasteiger partial charge in [-0.25, -0.2) is 19.9 Å². The molecule has 0 bridgehead atoms. The van der Waals surface area contributed by atoms with Crippen LogP contribution in [0, 0.1) is 0 Å². The molecular formula is C11H13N5O4. The van der Waals surface area contributed by atoms with E-state index in [-0.39, 0.29) is 12.8 Å². The van der Waals surface area contributed by atoms with Gasteiger partial charge in [-0.2, -0.15) is 0 Å². The van der Waals surface area contributed by atoms with E-state index < -0.39 is 18.0 Å². The number of aromatic nitrogens is 4. The molecule has 2 heterocycles. The third-order valence-corrected chi connectivity index (χ3v) is 2.14. The van der Waals surface area contributed by atoms with Crippen molar-refractivity contribution in [2.24, 2.45) is 5.73 Å². The van der Waals surface area contributed by atoms with Gasteiger partial charge in [0.1, 0.15) is 17.9 Å². The number of hydrogen-bond donors (Lipinski definition) is 3. The second kappa shape index (κ2) is 7.69. The highest BCUT2D eigenvalue weighted by molar-refractivity contribution is 5.74. The van der Waals surface area contributed by atoms with Crippen LogP contribution in [0.4, 0.5) is 0 Å². The summed E-state index contributed by atoms with van der Waals surface area (Å²) in [4.78, 5) is 35.5. The Morgan fingerprint density at radius 3 is 2.50 bits per heavy atom. The molecule has 0 aliphatic carbocycles. The van der Waals surface area contributed by atoms with Crippen LogP contribution >= 0.6 is 0 Å². The fraction of sp³-hybridized carbons (Fsp3) is 0.273. The van der Waals surface area contributed by atoms with Crippen molar-refractivity contribution < 1.29 is 19.8 Å². The quantitative estimate of drug-likeness (QED) is 0.683. The SMILES string of the molecule is N[C@@H](CCC(=O)O)C(=O)O.c1cnc2ncncc2n1. The van der Waals surface area contributed by atoms with E-state index in [1.165, 1.54) is 6.33 Å². The van der Waals surface area contributed by atoms with Crippen LogP contribution < -0.4 is 5.73 Å². The lowest BCUT2D eigenvalue weighted by Crippen LogP contribution is -2.30. The zero-order valence-corrected chi connectivity index (χ0v) is 10.4. The number of carbonyl (C=O) groups is 2. The van der Waals surface area contributed by atoms with Gasteiger partial charge in [0.15, 0.2) is 5.65 Å². The van der Waals surface area contributed by atoms with E-state index in [1.807, 2.05) is 0 Å². The molecule has 0 saturated heterocycles. The normalized spacial score (nSPS) is 11.2. The first-order chi connectivity index (χ1) is 9.50. The number of carboxylic acid groups (broad SMARTS) is 2. The third kappa shape index (κ3) is 5.31. The zero-order chi connectivity index (χ0) is 15.0. The minimum Gasteiger partial charge on any atom is -0.481 e. The molecule has 4 N–H and O–H groups in total. The topological polar surface area (TPSA) is 152 Å². The molecule has 106 valence electrons. The molecule has 0 radical (unpaired) electrons. The Bertz CT molecular complexity index is 526. The van der Waals surface area contributed by atoms with E-state index in [2.05, 4.69) is 19.9 Å². The zero-order valence-electron chi connectivity index (χ0n) is 10.4. The maximum absolute atomic E-state index is 9.99. The van der Waals surface area contributed by atoms with Crippen molar-refractivity contribution in [3.8, 4) is 0 Å². The van der Waals surface area contributed by atoms with Gasteiger partial charge < -0.3 is 15.9 Å². The van der Waals surface area contributed by atoms with Crippen molar-refractivity contribution in [3.05, 3.63) is 24.9 Å². The summed E-state index contributed by atoms with van der Waals surface area (Å²) in [5, 5.41) is 16.3. The molecule has 0 aliphatic rings. The summed E-state index contributed by atoms with van der Waals surface area (Å²) >= 11 is 0. The molecule has 0 unspecified atom stereocenters. The average Bonchev–Trinajstić information content (AvgIpc) is 2.45. The molecule has 20 heavy (non-hydrogen) atoms. The first-order valence-corrected chi connectivity index (χ1v) is 5.57. The maximum atomic E-state index is 9.99. The summed E-state index contributed by atoms with van der Waals surface area (Å²) in [6, 6.07) is -1.06. The molecular weight excluding hydrogens is 266 g/mol. The summed E-state index contributed by atoms with van der Waals surface area (Å²) in [6.07, 6.45) is 6.09. The second-order valence-corrected chi connectivity index (χ2v) is 3.67. The van der Waals surface area contributed by atoms with Crippen LogP contribution in [-0.2, 0) is 9.59 Å². The van der Waals surface area contributed by atoms with Crippen molar-refractivity contribution in [3.63, 3.8) is 0 Å². The third-order valence-electron chi connectivity index (χ3n) is 2.14. The second-order valence-electron chi connectivity index (χ2n) is 3.67. The van der Waals surface area contributed by atoms with E-state index in [0.717, 1.165) is 5.52 Å². The van der Waals surface area contributed by atoms with E-state index in [0.29, 0.717) is 5.65 Å². The van der Waals surface area contributed by atoms with Crippen LogP contribution in [0.1, 0.15) is 12.8 Å². The van der Waals surface area contributed by atoms with Crippen LogP contribution in [0.5, 0.6) is 0 Å². The number of rotatable bonds is 4. The van der Waals surface area contributed by atoms with Gasteiger partial charge in [0.25, 0.3) is 0 Å². The van der Waals surface area contributed by atoms with E-state index in [1.54, 1.807) is 18.6 Å². The Labute approximate surface area is 113 Å². The Morgan fingerprint density at radius 2 is 1.90 bits per heavy atom. The molecule has 0 fully saturated rings. The van der Waals surface area contributed by atoms with Crippen molar-refractivity contribution >= 4 is 23.1 Å². The monoisotopic (exact) mass is 279 g/mol. The molecule has 0 saturated carbocycles. The number of nitrogens with zero attached hydrogens (tertiary/aromatic N) is 4. The predicted molar refractivity (Wildman–Crippen MR) is 67.6 cm³/mol. The molecule has 0 aliphatic heterocycles. The summed E-state index contributed by atoms with van der Waals surface area (Å²) in [5.74, 6) is -2.20. The average molecular weight is 279 g/mol. The Hall–Kier alpha value is -2.68. The van der Waals surface area contributed by atoms with E-state index >= 15 is 0 Å². The van der Waals surface area contributed by atoms with Crippen molar-refractivity contribution in [1.82, 2.24) is 19.9 Å². The Balaban J connectivity index is 0.000000200. The summed E-state index contributed by atoms with van der Waals surface area (Å²) in [5.41, 5.74) is 6.37. The van der Waals surface area contributed by atoms with Crippen LogP contribution in [0.2, 0.25) is 0 Å². The first kappa shape index (κ1) is 15.4. The van der Waals surface area contributed by atoms with Gasteiger partial charge in [0.2, 0.25) is 0 Å². The molecule has 0 aromatic carbocycles. The van der Waals surface area contributed by atoms with Crippen molar-refractivity contribution in [1.29, 1.82) is 0 Å². The fourth-order valence-corrected chi connectivity index (χ4v) is 1.13. The smallest absolute Gasteiger partial charge is 0.320 e. The number of hydrogen-bond acceptors (Lipinski definition) is 7. The molecule has 0 spiro atoms. The highest BCUT2D eigenvalue weighted by atomic mass is 16.4. The number of fused-ring (bicyclic) bond motifs is 1. The van der Waals surface area contributed by atoms with Gasteiger partial charge in [-0.1, -0.05) is 0 Å². The molecule has 9 nitrogen and oxygen atoms in total. The van der Waals surface area contributed by atoms with Gasteiger partial charge in [-0.05, 0) is 6.42 Å². The molecule has 2 aromatic rings. The van der Waals surface area contributed by atoms with Gasteiger partial charge in [-0.3, -0.25) is 9.59 Å². The number of nitrogens with two attached hydrogens (primary N) is 1. The summed E-state index contributed by atoms with van der Waals surface area (Å²) in [6.45, 7) is 0. The molecule has 2 rings (SSSR count). The summed E-state index contributed by atoms with van der Waals surface area (Å²) < 4.78 is 0. The van der Waals surface area contributed by atoms with Gasteiger partial charge in [-0.15, -0.1) is 0 Å². The Kier molecular flexibility index (Phi) is 5.91. The fourth-order valence-electron chi connectivity index (χ4n) is 1.13. The molecule has 0 amide bonds. The van der Waals surface area contributed by atoms with Crippen molar-refractivity contribution in [2.75, 3.05) is 0 Å². The van der Waals surface area contributed by atoms with Crippen LogP contribution in [0.25, 0.3) is 11.2 Å². The first-order valence-electron chi connectivity index (χ1n) is 5.57. The lowest BCUT2D eigenvalue weighted by atomic mass is 10.2. The van der Waals surface area contributed by atoms with Crippen LogP contribution in [0.15, 0.2) is 24.9 Å². The van der Waals surface area contributed by atoms with Gasteiger partial charge in [0, 0.05) is 18.8 Å². The Morgan fingerprint density at radius 1 is 1.20 bits per heavy atom. The molecule has 9 heteroatoms. The predicted octanol–water partition coefficient (Wildman–Crippen LogP) is -0.317. The number of carboxylic acids is 2. The molecule has 1 atom stereocenters. The standard InChI is InChI=1S/C6H4N4.C5H9NO4/c1-2-9-6-5(8-1)3-7-4-10-6;6-3(5(9)10)1-2-4(7)8/h1-4H;3H,1-2,6H2,(H,7,8)(H,9,10)/t;3-/m.0/s1. The largest absolute Gasteiger partial charge is 0.481 e. The van der Waals surface area contributed by atoms with Gasteiger partial charge in [0.05, 0.1) is 6.20 Å². The lowest BCUT2D eigenvalue weighted by Gasteiger charge is -2.01. The highest BCUT2D eigenvalue weighted by Crippen LogP contribution is 1.98. The minimum atomic E-state index is -1.17. The van der Waals surface area contributed by atoms with Crippen molar-refractivity contribution in [2.45, 2.75) is 18.9 Å². The number of aliphatic carboxylic acids is 2. The minimum absolute atomic E-state index is 0.0231.